The lowest BCUT2D eigenvalue weighted by Crippen LogP contribution is -2.61. The van der Waals surface area contributed by atoms with E-state index in [2.05, 4.69) is 285 Å². The van der Waals surface area contributed by atoms with Gasteiger partial charge < -0.3 is 18.8 Å². The van der Waals surface area contributed by atoms with Gasteiger partial charge in [-0.3, -0.25) is 0 Å². The summed E-state index contributed by atoms with van der Waals surface area (Å²) in [6.07, 6.45) is 7.26. The summed E-state index contributed by atoms with van der Waals surface area (Å²) >= 11 is 0. The molecule has 448 valence electrons. The minimum Gasteiger partial charge on any atom is -0.468 e. The molecule has 2 bridgehead atoms. The molecule has 0 saturated heterocycles. The SMILES string of the molecule is CC1c2cc3oc4c(c3cc2C2(C)CCC1CC2)N(c1ccc(C(C)(C)C)cc1-c1ccccc1)c1cc(-n2c3cc(C(C)(C)C)ccc3c3ccc(C(C)(C)C)cc32)cc2c1B4c1cc3c(cc1N2c1ccc(C(C)(C)C)cc1)C(C)(C)CCC3(C)C. The molecule has 4 aliphatic carbocycles. The molecule has 0 spiro atoms. The fraction of sp³-hybridized carbons (Fsp3) is 0.398. The first-order valence-electron chi connectivity index (χ1n) is 33.4. The van der Waals surface area contributed by atoms with Gasteiger partial charge >= 0.3 is 0 Å². The molecular formula is C83H92BN3O. The number of hydrogen-bond donors (Lipinski definition) is 0. The maximum atomic E-state index is 8.02. The highest BCUT2D eigenvalue weighted by molar-refractivity contribution is 7.00. The first-order chi connectivity index (χ1) is 41.4. The van der Waals surface area contributed by atoms with E-state index in [0.29, 0.717) is 11.8 Å². The van der Waals surface area contributed by atoms with Crippen molar-refractivity contribution in [3.05, 3.63) is 190 Å². The van der Waals surface area contributed by atoms with Crippen molar-refractivity contribution >= 4 is 90.2 Å². The molecule has 16 rings (SSSR count). The van der Waals surface area contributed by atoms with Crippen molar-refractivity contribution in [2.45, 2.75) is 207 Å². The zero-order valence-corrected chi connectivity index (χ0v) is 56.1. The molecule has 88 heavy (non-hydrogen) atoms. The molecule has 0 N–H and O–H groups in total. The van der Waals surface area contributed by atoms with Gasteiger partial charge in [0, 0.05) is 44.5 Å². The second-order valence-electron chi connectivity index (χ2n) is 33.6. The second-order valence-corrected chi connectivity index (χ2v) is 33.6. The maximum absolute atomic E-state index is 8.02. The lowest BCUT2D eigenvalue weighted by molar-refractivity contribution is 0.248. The minimum atomic E-state index is -0.222. The van der Waals surface area contributed by atoms with Gasteiger partial charge in [-0.25, -0.2) is 0 Å². The summed E-state index contributed by atoms with van der Waals surface area (Å²) in [5.74, 6) is 1.14. The fourth-order valence-electron chi connectivity index (χ4n) is 16.8. The van der Waals surface area contributed by atoms with Gasteiger partial charge in [-0.2, -0.15) is 0 Å². The van der Waals surface area contributed by atoms with Crippen LogP contribution >= 0.6 is 0 Å². The first kappa shape index (κ1) is 57.2. The average Bonchev–Trinajstić information content (AvgIpc) is 1.43. The van der Waals surface area contributed by atoms with Crippen molar-refractivity contribution in [3.8, 4) is 16.8 Å². The zero-order valence-electron chi connectivity index (χ0n) is 56.1. The van der Waals surface area contributed by atoms with Crippen molar-refractivity contribution < 1.29 is 4.42 Å². The van der Waals surface area contributed by atoms with Crippen LogP contribution in [-0.2, 0) is 37.9 Å². The monoisotopic (exact) mass is 1160 g/mol. The lowest BCUT2D eigenvalue weighted by Gasteiger charge is -2.47. The molecule has 4 heterocycles. The summed E-state index contributed by atoms with van der Waals surface area (Å²) in [5, 5.41) is 3.75. The Bertz CT molecular complexity index is 4460. The van der Waals surface area contributed by atoms with E-state index < -0.39 is 0 Å². The Labute approximate surface area is 525 Å². The van der Waals surface area contributed by atoms with Crippen LogP contribution in [0.1, 0.15) is 214 Å². The third-order valence-electron chi connectivity index (χ3n) is 22.7. The normalized spacial score (nSPS) is 20.3. The lowest BCUT2D eigenvalue weighted by atomic mass is 9.35. The summed E-state index contributed by atoms with van der Waals surface area (Å²) in [7, 11) is 0. The number of hydrogen-bond acceptors (Lipinski definition) is 3. The third-order valence-corrected chi connectivity index (χ3v) is 22.7. The second kappa shape index (κ2) is 18.9. The molecule has 2 aliphatic heterocycles. The van der Waals surface area contributed by atoms with Gasteiger partial charge in [-0.1, -0.05) is 203 Å². The van der Waals surface area contributed by atoms with Gasteiger partial charge in [0.2, 0.25) is 0 Å². The number of nitrogens with zero attached hydrogens (tertiary/aromatic N) is 3. The van der Waals surface area contributed by atoms with E-state index in [4.69, 9.17) is 4.42 Å². The fourth-order valence-corrected chi connectivity index (χ4v) is 16.8. The summed E-state index contributed by atoms with van der Waals surface area (Å²) in [6, 6.07) is 58.5. The number of aromatic nitrogens is 1. The van der Waals surface area contributed by atoms with Crippen molar-refractivity contribution in [3.63, 3.8) is 0 Å². The maximum Gasteiger partial charge on any atom is 0.297 e. The molecule has 1 atom stereocenters. The largest absolute Gasteiger partial charge is 0.468 e. The number of fused-ring (bicyclic) bond motifs is 12. The van der Waals surface area contributed by atoms with E-state index in [9.17, 15) is 0 Å². The Balaban J connectivity index is 1.15. The Hall–Kier alpha value is -7.24. The molecular weight excluding hydrogens is 1070 g/mol. The molecule has 10 aromatic rings. The van der Waals surface area contributed by atoms with Crippen molar-refractivity contribution in [2.24, 2.45) is 5.92 Å². The van der Waals surface area contributed by atoms with E-state index in [-0.39, 0.29) is 44.6 Å². The third kappa shape index (κ3) is 8.64. The molecule has 5 heteroatoms. The van der Waals surface area contributed by atoms with Crippen LogP contribution in [0.25, 0.3) is 49.6 Å². The van der Waals surface area contributed by atoms with E-state index in [1.54, 1.807) is 0 Å². The predicted octanol–water partition coefficient (Wildman–Crippen LogP) is 21.4. The standard InChI is InChI=1S/C83H92BN3O/c1-49-50-34-36-83(18,37-35-50)63-45-62-73(46-60(49)63)88-76-75(62)87(67-33-28-53(78(5,6)7)40-61(67)51-22-20-19-21-23-51)72-44-57(86-68-41-54(79(8,9)10)26-31-58(68)59-32-27-55(42-69(59)86)80(11,12)13)43-71-74(72)84(76)66-47-64-65(82(16,17)39-38-81(64,14)15)48-70(66)85(71)56-29-24-52(25-30-56)77(2,3)4/h19-33,40-50H,34-39H2,1-18H3. The molecule has 1 unspecified atom stereocenters. The molecule has 1 saturated carbocycles. The van der Waals surface area contributed by atoms with Gasteiger partial charge in [-0.05, 0) is 216 Å². The summed E-state index contributed by atoms with van der Waals surface area (Å²) in [4.78, 5) is 5.40. The van der Waals surface area contributed by atoms with Crippen LogP contribution in [0.15, 0.2) is 150 Å². The first-order valence-corrected chi connectivity index (χ1v) is 33.4. The van der Waals surface area contributed by atoms with Gasteiger partial charge in [0.15, 0.2) is 0 Å². The zero-order chi connectivity index (χ0) is 61.9. The molecule has 0 amide bonds. The van der Waals surface area contributed by atoms with Crippen molar-refractivity contribution in [1.29, 1.82) is 0 Å². The van der Waals surface area contributed by atoms with E-state index >= 15 is 0 Å². The Kier molecular flexibility index (Phi) is 12.3. The number of anilines is 6. The predicted molar refractivity (Wildman–Crippen MR) is 378 cm³/mol. The topological polar surface area (TPSA) is 24.6 Å². The van der Waals surface area contributed by atoms with Gasteiger partial charge in [0.1, 0.15) is 5.58 Å². The highest BCUT2D eigenvalue weighted by Gasteiger charge is 2.51. The molecule has 0 radical (unpaired) electrons. The number of rotatable bonds is 4. The summed E-state index contributed by atoms with van der Waals surface area (Å²) < 4.78 is 10.7. The Morgan fingerprint density at radius 2 is 1.00 bits per heavy atom. The Morgan fingerprint density at radius 3 is 1.58 bits per heavy atom. The van der Waals surface area contributed by atoms with Crippen molar-refractivity contribution in [2.75, 3.05) is 9.80 Å². The summed E-state index contributed by atoms with van der Waals surface area (Å²) in [5.41, 5.74) is 28.8. The average molecular weight is 1160 g/mol. The Morgan fingerprint density at radius 1 is 0.466 bits per heavy atom. The van der Waals surface area contributed by atoms with Crippen LogP contribution in [0.5, 0.6) is 0 Å². The van der Waals surface area contributed by atoms with Crippen LogP contribution in [0.3, 0.4) is 0 Å². The molecule has 6 aliphatic rings. The minimum absolute atomic E-state index is 0.0180. The van der Waals surface area contributed by atoms with E-state index in [0.717, 1.165) is 41.1 Å². The van der Waals surface area contributed by atoms with Crippen LogP contribution in [-0.4, -0.2) is 11.3 Å². The van der Waals surface area contributed by atoms with Crippen LogP contribution < -0.4 is 26.4 Å². The highest BCUT2D eigenvalue weighted by atomic mass is 16.3. The smallest absolute Gasteiger partial charge is 0.297 e. The molecule has 2 aromatic heterocycles. The van der Waals surface area contributed by atoms with Crippen molar-refractivity contribution in [1.82, 2.24) is 4.57 Å². The van der Waals surface area contributed by atoms with E-state index in [1.807, 2.05) is 0 Å². The summed E-state index contributed by atoms with van der Waals surface area (Å²) in [6.45, 7) is 43.1. The van der Waals surface area contributed by atoms with E-state index in [1.165, 1.54) is 142 Å². The quantitative estimate of drug-likeness (QED) is 0.164. The highest BCUT2D eigenvalue weighted by Crippen LogP contribution is 2.57. The van der Waals surface area contributed by atoms with Gasteiger partial charge in [0.05, 0.1) is 33.8 Å². The van der Waals surface area contributed by atoms with Gasteiger partial charge in [0.25, 0.3) is 6.71 Å². The van der Waals surface area contributed by atoms with Crippen LogP contribution in [0.2, 0.25) is 0 Å². The molecule has 1 fully saturated rings. The van der Waals surface area contributed by atoms with Crippen LogP contribution in [0, 0.1) is 5.92 Å². The molecule has 8 aromatic carbocycles. The number of benzene rings is 8. The van der Waals surface area contributed by atoms with Gasteiger partial charge in [-0.15, -0.1) is 0 Å². The van der Waals surface area contributed by atoms with Crippen LogP contribution in [0.4, 0.5) is 34.1 Å². The molecule has 4 nitrogen and oxygen atoms in total. The number of furan rings is 1.